The van der Waals surface area contributed by atoms with Gasteiger partial charge in [0.05, 0.1) is 0 Å². The second-order valence-corrected chi connectivity index (χ2v) is 5.42. The van der Waals surface area contributed by atoms with Crippen molar-refractivity contribution in [3.05, 3.63) is 29.8 Å². The van der Waals surface area contributed by atoms with Gasteiger partial charge in [0.25, 0.3) is 0 Å². The summed E-state index contributed by atoms with van der Waals surface area (Å²) in [7, 11) is 1.96. The van der Waals surface area contributed by atoms with Crippen LogP contribution in [0.25, 0.3) is 0 Å². The van der Waals surface area contributed by atoms with Crippen molar-refractivity contribution in [3.8, 4) is 0 Å². The second kappa shape index (κ2) is 5.21. The first-order chi connectivity index (χ1) is 9.28. The number of anilines is 1. The fraction of sp³-hybridized carbons (Fsp3) is 0.533. The molecule has 1 N–H and O–H groups in total. The highest BCUT2D eigenvalue weighted by molar-refractivity contribution is 5.79. The highest BCUT2D eigenvalue weighted by Crippen LogP contribution is 2.26. The average molecular weight is 259 g/mol. The number of hydrogen-bond acceptors (Lipinski definition) is 3. The summed E-state index contributed by atoms with van der Waals surface area (Å²) in [6, 6.07) is 9.17. The van der Waals surface area contributed by atoms with Crippen molar-refractivity contribution in [1.82, 2.24) is 10.2 Å². The summed E-state index contributed by atoms with van der Waals surface area (Å²) in [6.45, 7) is 3.72. The predicted octanol–water partition coefficient (Wildman–Crippen LogP) is 1.22. The predicted molar refractivity (Wildman–Crippen MR) is 76.2 cm³/mol. The van der Waals surface area contributed by atoms with Crippen molar-refractivity contribution >= 4 is 11.6 Å². The Balaban J connectivity index is 1.68. The first-order valence-electron chi connectivity index (χ1n) is 7.06. The molecule has 0 radical (unpaired) electrons. The van der Waals surface area contributed by atoms with E-state index in [0.29, 0.717) is 11.9 Å². The Kier molecular flexibility index (Phi) is 3.42. The van der Waals surface area contributed by atoms with Crippen molar-refractivity contribution in [3.63, 3.8) is 0 Å². The molecule has 19 heavy (non-hydrogen) atoms. The van der Waals surface area contributed by atoms with Crippen molar-refractivity contribution in [2.24, 2.45) is 0 Å². The number of nitrogens with one attached hydrogen (secondary N) is 1. The van der Waals surface area contributed by atoms with Crippen LogP contribution >= 0.6 is 0 Å². The van der Waals surface area contributed by atoms with Gasteiger partial charge in [0.1, 0.15) is 0 Å². The molecule has 2 heterocycles. The maximum Gasteiger partial charge on any atom is 0.223 e. The van der Waals surface area contributed by atoms with E-state index in [0.717, 1.165) is 39.0 Å². The van der Waals surface area contributed by atoms with Gasteiger partial charge in [-0.15, -0.1) is 0 Å². The van der Waals surface area contributed by atoms with Crippen LogP contribution < -0.4 is 10.2 Å². The molecule has 4 nitrogen and oxygen atoms in total. The Labute approximate surface area is 114 Å². The van der Waals surface area contributed by atoms with Gasteiger partial charge in [-0.3, -0.25) is 4.79 Å². The van der Waals surface area contributed by atoms with Crippen molar-refractivity contribution in [2.45, 2.75) is 25.4 Å². The lowest BCUT2D eigenvalue weighted by molar-refractivity contribution is -0.129. The summed E-state index contributed by atoms with van der Waals surface area (Å²) < 4.78 is 0. The third kappa shape index (κ3) is 2.45. The number of benzene rings is 1. The molecule has 1 atom stereocenters. The van der Waals surface area contributed by atoms with Gasteiger partial charge in [-0.05, 0) is 31.2 Å². The molecule has 1 aromatic rings. The normalized spacial score (nSPS) is 22.8. The number of rotatable bonds is 3. The number of fused-ring (bicyclic) bond motifs is 1. The van der Waals surface area contributed by atoms with Gasteiger partial charge in [0.2, 0.25) is 5.91 Å². The van der Waals surface area contributed by atoms with Gasteiger partial charge < -0.3 is 15.1 Å². The molecule has 4 heteroatoms. The summed E-state index contributed by atoms with van der Waals surface area (Å²) in [4.78, 5) is 16.1. The Morgan fingerprint density at radius 2 is 2.05 bits per heavy atom. The maximum atomic E-state index is 11.7. The Morgan fingerprint density at radius 1 is 1.26 bits per heavy atom. The third-order valence-electron chi connectivity index (χ3n) is 4.18. The van der Waals surface area contributed by atoms with Crippen molar-refractivity contribution < 1.29 is 4.79 Å². The maximum absolute atomic E-state index is 11.7. The van der Waals surface area contributed by atoms with E-state index in [1.807, 2.05) is 7.05 Å². The van der Waals surface area contributed by atoms with Crippen LogP contribution in [0, 0.1) is 0 Å². The standard InChI is InChI=1S/C15H21N3O/c1-16-10-12-2-4-13(5-3-12)17-8-9-18-14(11-17)6-7-15(18)19/h2-5,14,16H,6-11H2,1H3. The monoisotopic (exact) mass is 259 g/mol. The fourth-order valence-electron chi connectivity index (χ4n) is 3.13. The molecule has 0 spiro atoms. The molecular weight excluding hydrogens is 238 g/mol. The van der Waals surface area contributed by atoms with Crippen LogP contribution in [0.1, 0.15) is 18.4 Å². The average Bonchev–Trinajstić information content (AvgIpc) is 2.81. The van der Waals surface area contributed by atoms with Crippen LogP contribution in [0.2, 0.25) is 0 Å². The number of amides is 1. The second-order valence-electron chi connectivity index (χ2n) is 5.42. The fourth-order valence-corrected chi connectivity index (χ4v) is 3.13. The van der Waals surface area contributed by atoms with Gasteiger partial charge in [0, 0.05) is 44.3 Å². The topological polar surface area (TPSA) is 35.6 Å². The number of carbonyl (C=O) groups is 1. The highest BCUT2D eigenvalue weighted by Gasteiger charge is 2.35. The van der Waals surface area contributed by atoms with Gasteiger partial charge in [-0.1, -0.05) is 12.1 Å². The van der Waals surface area contributed by atoms with Gasteiger partial charge in [-0.25, -0.2) is 0 Å². The molecule has 2 aliphatic rings. The van der Waals surface area contributed by atoms with Gasteiger partial charge >= 0.3 is 0 Å². The number of nitrogens with zero attached hydrogens (tertiary/aromatic N) is 2. The molecule has 102 valence electrons. The summed E-state index contributed by atoms with van der Waals surface area (Å²) >= 11 is 0. The molecule has 0 bridgehead atoms. The molecule has 2 saturated heterocycles. The quantitative estimate of drug-likeness (QED) is 0.886. The van der Waals surface area contributed by atoms with E-state index < -0.39 is 0 Å². The molecular formula is C15H21N3O. The van der Waals surface area contributed by atoms with Crippen molar-refractivity contribution in [1.29, 1.82) is 0 Å². The van der Waals surface area contributed by atoms with Gasteiger partial charge in [0.15, 0.2) is 0 Å². The summed E-state index contributed by atoms with van der Waals surface area (Å²) in [5.74, 6) is 0.342. The van der Waals surface area contributed by atoms with E-state index in [1.54, 1.807) is 0 Å². The molecule has 1 aromatic carbocycles. The Morgan fingerprint density at radius 3 is 2.79 bits per heavy atom. The van der Waals surface area contributed by atoms with Crippen LogP contribution in [0.15, 0.2) is 24.3 Å². The zero-order valence-electron chi connectivity index (χ0n) is 11.4. The zero-order chi connectivity index (χ0) is 13.2. The summed E-state index contributed by atoms with van der Waals surface area (Å²) in [5.41, 5.74) is 2.58. The summed E-state index contributed by atoms with van der Waals surface area (Å²) in [5, 5.41) is 3.16. The molecule has 0 aliphatic carbocycles. The molecule has 0 aromatic heterocycles. The molecule has 2 fully saturated rings. The Hall–Kier alpha value is -1.55. The van der Waals surface area contributed by atoms with E-state index in [9.17, 15) is 4.79 Å². The lowest BCUT2D eigenvalue weighted by Crippen LogP contribution is -2.51. The minimum absolute atomic E-state index is 0.342. The van der Waals surface area contributed by atoms with Crippen LogP contribution in [0.5, 0.6) is 0 Å². The third-order valence-corrected chi connectivity index (χ3v) is 4.18. The number of hydrogen-bond donors (Lipinski definition) is 1. The van der Waals surface area contributed by atoms with Crippen LogP contribution in [-0.2, 0) is 11.3 Å². The van der Waals surface area contributed by atoms with Crippen LogP contribution in [0.3, 0.4) is 0 Å². The van der Waals surface area contributed by atoms with Crippen molar-refractivity contribution in [2.75, 3.05) is 31.6 Å². The van der Waals surface area contributed by atoms with E-state index in [1.165, 1.54) is 11.3 Å². The highest BCUT2D eigenvalue weighted by atomic mass is 16.2. The minimum atomic E-state index is 0.342. The van der Waals surface area contributed by atoms with E-state index in [-0.39, 0.29) is 0 Å². The Bertz CT molecular complexity index is 457. The van der Waals surface area contributed by atoms with E-state index in [4.69, 9.17) is 0 Å². The number of carbonyl (C=O) groups excluding carboxylic acids is 1. The van der Waals surface area contributed by atoms with Crippen LogP contribution in [0.4, 0.5) is 5.69 Å². The van der Waals surface area contributed by atoms with E-state index in [2.05, 4.69) is 39.4 Å². The smallest absolute Gasteiger partial charge is 0.223 e. The molecule has 3 rings (SSSR count). The van der Waals surface area contributed by atoms with Crippen LogP contribution in [-0.4, -0.2) is 43.5 Å². The first-order valence-corrected chi connectivity index (χ1v) is 7.06. The SMILES string of the molecule is CNCc1ccc(N2CCN3C(=O)CCC3C2)cc1. The molecule has 2 aliphatic heterocycles. The summed E-state index contributed by atoms with van der Waals surface area (Å²) in [6.07, 6.45) is 1.76. The molecule has 1 amide bonds. The lowest BCUT2D eigenvalue weighted by Gasteiger charge is -2.38. The van der Waals surface area contributed by atoms with E-state index >= 15 is 0 Å². The first kappa shape index (κ1) is 12.5. The largest absolute Gasteiger partial charge is 0.368 e. The zero-order valence-corrected chi connectivity index (χ0v) is 11.4. The minimum Gasteiger partial charge on any atom is -0.368 e. The van der Waals surface area contributed by atoms with Gasteiger partial charge in [-0.2, -0.15) is 0 Å². The molecule has 0 saturated carbocycles. The number of piperazine rings is 1. The lowest BCUT2D eigenvalue weighted by atomic mass is 10.1. The molecule has 1 unspecified atom stereocenters.